The fourth-order valence-electron chi connectivity index (χ4n) is 2.30. The van der Waals surface area contributed by atoms with Crippen LogP contribution in [0.15, 0.2) is 54.6 Å². The zero-order chi connectivity index (χ0) is 15.8. The Kier molecular flexibility index (Phi) is 6.44. The van der Waals surface area contributed by atoms with Crippen LogP contribution in [0.5, 0.6) is 0 Å². The van der Waals surface area contributed by atoms with Crippen LogP contribution in [0.3, 0.4) is 0 Å². The molecule has 0 aromatic heterocycles. The molecule has 0 saturated carbocycles. The van der Waals surface area contributed by atoms with Crippen molar-refractivity contribution in [3.05, 3.63) is 70.7 Å². The number of carbonyl (C=O) groups is 1. The van der Waals surface area contributed by atoms with Crippen LogP contribution < -0.4 is 10.6 Å². The SMILES string of the molecule is CNCCC(=O)NC(Cc1ccc(Cl)cc1)c1ccccc1. The molecule has 0 aliphatic rings. The quantitative estimate of drug-likeness (QED) is 0.822. The summed E-state index contributed by atoms with van der Waals surface area (Å²) in [5, 5.41) is 6.83. The van der Waals surface area contributed by atoms with Crippen LogP contribution in [-0.2, 0) is 11.2 Å². The van der Waals surface area contributed by atoms with Crippen molar-refractivity contribution >= 4 is 17.5 Å². The first-order valence-corrected chi connectivity index (χ1v) is 7.80. The van der Waals surface area contributed by atoms with Gasteiger partial charge in [-0.3, -0.25) is 4.79 Å². The highest BCUT2D eigenvalue weighted by Gasteiger charge is 2.15. The third-order valence-corrected chi connectivity index (χ3v) is 3.74. The molecule has 2 N–H and O–H groups in total. The van der Waals surface area contributed by atoms with E-state index < -0.39 is 0 Å². The van der Waals surface area contributed by atoms with Gasteiger partial charge in [-0.1, -0.05) is 54.1 Å². The Morgan fingerprint density at radius 3 is 2.41 bits per heavy atom. The summed E-state index contributed by atoms with van der Waals surface area (Å²) in [4.78, 5) is 12.1. The minimum absolute atomic E-state index is 0.0354. The molecule has 3 nitrogen and oxygen atoms in total. The lowest BCUT2D eigenvalue weighted by Crippen LogP contribution is -2.31. The molecule has 116 valence electrons. The van der Waals surface area contributed by atoms with E-state index in [0.717, 1.165) is 22.6 Å². The van der Waals surface area contributed by atoms with Crippen LogP contribution in [0.4, 0.5) is 0 Å². The van der Waals surface area contributed by atoms with E-state index in [1.807, 2.05) is 61.6 Å². The lowest BCUT2D eigenvalue weighted by atomic mass is 9.98. The van der Waals surface area contributed by atoms with Crippen LogP contribution >= 0.6 is 11.6 Å². The summed E-state index contributed by atoms with van der Waals surface area (Å²) < 4.78 is 0. The molecule has 2 aromatic carbocycles. The maximum absolute atomic E-state index is 12.1. The monoisotopic (exact) mass is 316 g/mol. The van der Waals surface area contributed by atoms with Gasteiger partial charge in [0.05, 0.1) is 6.04 Å². The fourth-order valence-corrected chi connectivity index (χ4v) is 2.42. The van der Waals surface area contributed by atoms with Crippen LogP contribution in [0.25, 0.3) is 0 Å². The first kappa shape index (κ1) is 16.5. The molecule has 0 spiro atoms. The van der Waals surface area contributed by atoms with Gasteiger partial charge in [0.25, 0.3) is 0 Å². The molecule has 0 bridgehead atoms. The molecule has 22 heavy (non-hydrogen) atoms. The number of hydrogen-bond acceptors (Lipinski definition) is 2. The third-order valence-electron chi connectivity index (χ3n) is 3.49. The maximum Gasteiger partial charge on any atom is 0.221 e. The van der Waals surface area contributed by atoms with Crippen molar-refractivity contribution in [2.24, 2.45) is 0 Å². The molecule has 1 atom stereocenters. The summed E-state index contributed by atoms with van der Waals surface area (Å²) in [6.45, 7) is 0.675. The van der Waals surface area contributed by atoms with Gasteiger partial charge in [-0.05, 0) is 36.7 Å². The molecule has 1 unspecified atom stereocenters. The van der Waals surface area contributed by atoms with Gasteiger partial charge in [0.1, 0.15) is 0 Å². The number of hydrogen-bond donors (Lipinski definition) is 2. The molecule has 0 heterocycles. The van der Waals surface area contributed by atoms with Gasteiger partial charge in [-0.2, -0.15) is 0 Å². The van der Waals surface area contributed by atoms with E-state index in [9.17, 15) is 4.79 Å². The van der Waals surface area contributed by atoms with Gasteiger partial charge in [-0.25, -0.2) is 0 Å². The van der Waals surface area contributed by atoms with Crippen LogP contribution in [-0.4, -0.2) is 19.5 Å². The first-order chi connectivity index (χ1) is 10.7. The lowest BCUT2D eigenvalue weighted by Gasteiger charge is -2.19. The minimum Gasteiger partial charge on any atom is -0.349 e. The predicted octanol–water partition coefficient (Wildman–Crippen LogP) is 3.35. The van der Waals surface area contributed by atoms with Gasteiger partial charge in [0.2, 0.25) is 5.91 Å². The number of rotatable bonds is 7. The molecule has 0 saturated heterocycles. The second kappa shape index (κ2) is 8.57. The van der Waals surface area contributed by atoms with E-state index in [0.29, 0.717) is 13.0 Å². The fraction of sp³-hybridized carbons (Fsp3) is 0.278. The Bertz CT molecular complexity index is 584. The number of benzene rings is 2. The van der Waals surface area contributed by atoms with E-state index >= 15 is 0 Å². The van der Waals surface area contributed by atoms with Crippen molar-refractivity contribution in [1.82, 2.24) is 10.6 Å². The molecular weight excluding hydrogens is 296 g/mol. The lowest BCUT2D eigenvalue weighted by molar-refractivity contribution is -0.121. The average Bonchev–Trinajstić information content (AvgIpc) is 2.55. The summed E-state index contributed by atoms with van der Waals surface area (Å²) in [6, 6.07) is 17.8. The minimum atomic E-state index is -0.0354. The van der Waals surface area contributed by atoms with Gasteiger partial charge < -0.3 is 10.6 Å². The zero-order valence-electron chi connectivity index (χ0n) is 12.7. The summed E-state index contributed by atoms with van der Waals surface area (Å²) >= 11 is 5.93. The second-order valence-electron chi connectivity index (χ2n) is 5.21. The molecular formula is C18H21ClN2O. The molecule has 1 amide bonds. The highest BCUT2D eigenvalue weighted by molar-refractivity contribution is 6.30. The highest BCUT2D eigenvalue weighted by atomic mass is 35.5. The average molecular weight is 317 g/mol. The number of carbonyl (C=O) groups excluding carboxylic acids is 1. The van der Waals surface area contributed by atoms with Crippen molar-refractivity contribution < 1.29 is 4.79 Å². The Labute approximate surface area is 136 Å². The topological polar surface area (TPSA) is 41.1 Å². The van der Waals surface area contributed by atoms with E-state index in [1.54, 1.807) is 0 Å². The number of amides is 1. The Morgan fingerprint density at radius 1 is 1.09 bits per heavy atom. The maximum atomic E-state index is 12.1. The Hall–Kier alpha value is -1.84. The van der Waals surface area contributed by atoms with Crippen molar-refractivity contribution in [3.8, 4) is 0 Å². The molecule has 0 fully saturated rings. The second-order valence-corrected chi connectivity index (χ2v) is 5.65. The van der Waals surface area contributed by atoms with Gasteiger partial charge >= 0.3 is 0 Å². The van der Waals surface area contributed by atoms with Crippen LogP contribution in [0.1, 0.15) is 23.6 Å². The molecule has 4 heteroatoms. The van der Waals surface area contributed by atoms with Gasteiger partial charge in [0.15, 0.2) is 0 Å². The summed E-state index contributed by atoms with van der Waals surface area (Å²) in [5.41, 5.74) is 2.25. The summed E-state index contributed by atoms with van der Waals surface area (Å²) in [5.74, 6) is 0.0529. The highest BCUT2D eigenvalue weighted by Crippen LogP contribution is 2.20. The molecule has 0 aliphatic heterocycles. The van der Waals surface area contributed by atoms with Crippen molar-refractivity contribution in [3.63, 3.8) is 0 Å². The van der Waals surface area contributed by atoms with E-state index in [2.05, 4.69) is 10.6 Å². The van der Waals surface area contributed by atoms with Crippen molar-refractivity contribution in [2.45, 2.75) is 18.9 Å². The predicted molar refractivity (Wildman–Crippen MR) is 91.0 cm³/mol. The zero-order valence-corrected chi connectivity index (χ0v) is 13.4. The van der Waals surface area contributed by atoms with Crippen molar-refractivity contribution in [1.29, 1.82) is 0 Å². The Balaban J connectivity index is 2.11. The molecule has 0 aliphatic carbocycles. The number of halogens is 1. The third kappa shape index (κ3) is 5.17. The standard InChI is InChI=1S/C18H21ClN2O/c1-20-12-11-18(22)21-17(15-5-3-2-4-6-15)13-14-7-9-16(19)10-8-14/h2-10,17,20H,11-13H2,1H3,(H,21,22). The number of nitrogens with one attached hydrogen (secondary N) is 2. The molecule has 0 radical (unpaired) electrons. The Morgan fingerprint density at radius 2 is 1.77 bits per heavy atom. The van der Waals surface area contributed by atoms with E-state index in [1.165, 1.54) is 0 Å². The van der Waals surface area contributed by atoms with Crippen molar-refractivity contribution in [2.75, 3.05) is 13.6 Å². The molecule has 2 aromatic rings. The smallest absolute Gasteiger partial charge is 0.221 e. The van der Waals surface area contributed by atoms with Crippen LogP contribution in [0.2, 0.25) is 5.02 Å². The largest absolute Gasteiger partial charge is 0.349 e. The van der Waals surface area contributed by atoms with E-state index in [4.69, 9.17) is 11.6 Å². The summed E-state index contributed by atoms with van der Waals surface area (Å²) in [7, 11) is 1.84. The van der Waals surface area contributed by atoms with Gasteiger partial charge in [-0.15, -0.1) is 0 Å². The van der Waals surface area contributed by atoms with Crippen LogP contribution in [0, 0.1) is 0 Å². The normalized spacial score (nSPS) is 11.9. The molecule has 2 rings (SSSR count). The van der Waals surface area contributed by atoms with Gasteiger partial charge in [0, 0.05) is 18.0 Å². The summed E-state index contributed by atoms with van der Waals surface area (Å²) in [6.07, 6.45) is 1.22. The first-order valence-electron chi connectivity index (χ1n) is 7.42. The van der Waals surface area contributed by atoms with E-state index in [-0.39, 0.29) is 11.9 Å².